The van der Waals surface area contributed by atoms with Gasteiger partial charge in [0.2, 0.25) is 0 Å². The molecule has 0 aliphatic rings. The Hall–Kier alpha value is -1.02. The molecule has 2 rings (SSSR count). The summed E-state index contributed by atoms with van der Waals surface area (Å²) in [4.78, 5) is 0. The van der Waals surface area contributed by atoms with Crippen molar-refractivity contribution in [2.45, 2.75) is 19.8 Å². The molecule has 0 aliphatic heterocycles. The van der Waals surface area contributed by atoms with Crippen molar-refractivity contribution in [3.05, 3.63) is 28.9 Å². The Bertz CT molecular complexity index is 471. The molecule has 0 aliphatic carbocycles. The normalized spacial score (nSPS) is 11.5. The predicted octanol–water partition coefficient (Wildman–Crippen LogP) is 3.35. The number of rotatable bonds is 1. The first-order valence-corrected chi connectivity index (χ1v) is 5.09. The van der Waals surface area contributed by atoms with Gasteiger partial charge in [-0.2, -0.15) is 5.10 Å². The zero-order chi connectivity index (χ0) is 10.3. The largest absolute Gasteiger partial charge is 0.268 e. The number of hydrogen-bond acceptors (Lipinski definition) is 1. The molecule has 0 atom stereocenters. The average molecular weight is 209 g/mol. The van der Waals surface area contributed by atoms with E-state index in [4.69, 9.17) is 11.6 Å². The van der Waals surface area contributed by atoms with Crippen LogP contribution in [0.25, 0.3) is 10.9 Å². The molecule has 0 saturated heterocycles. The molecule has 2 aromatic rings. The highest BCUT2D eigenvalue weighted by Gasteiger charge is 2.12. The van der Waals surface area contributed by atoms with Crippen LogP contribution in [0.5, 0.6) is 0 Å². The molecular weight excluding hydrogens is 196 g/mol. The van der Waals surface area contributed by atoms with Gasteiger partial charge in [-0.05, 0) is 23.6 Å². The lowest BCUT2D eigenvalue weighted by Gasteiger charge is -2.10. The second kappa shape index (κ2) is 3.28. The Balaban J connectivity index is 2.87. The Labute approximate surface area is 88.5 Å². The van der Waals surface area contributed by atoms with E-state index in [1.165, 1.54) is 5.56 Å². The van der Waals surface area contributed by atoms with E-state index in [1.807, 2.05) is 30.1 Å². The molecule has 2 nitrogen and oxygen atoms in total. The summed E-state index contributed by atoms with van der Waals surface area (Å²) in [6.07, 6.45) is 1.87. The first kappa shape index (κ1) is 9.53. The van der Waals surface area contributed by atoms with Gasteiger partial charge in [-0.1, -0.05) is 25.4 Å². The smallest absolute Gasteiger partial charge is 0.0728 e. The number of hydrogen-bond donors (Lipinski definition) is 0. The van der Waals surface area contributed by atoms with Gasteiger partial charge in [0.05, 0.1) is 11.7 Å². The van der Waals surface area contributed by atoms with Gasteiger partial charge >= 0.3 is 0 Å². The Morgan fingerprint density at radius 1 is 1.36 bits per heavy atom. The van der Waals surface area contributed by atoms with E-state index in [0.29, 0.717) is 5.92 Å². The van der Waals surface area contributed by atoms with Crippen molar-refractivity contribution in [1.29, 1.82) is 0 Å². The average Bonchev–Trinajstić information content (AvgIpc) is 2.47. The highest BCUT2D eigenvalue weighted by atomic mass is 35.5. The number of nitrogens with zero attached hydrogens (tertiary/aromatic N) is 2. The minimum Gasteiger partial charge on any atom is -0.268 e. The summed E-state index contributed by atoms with van der Waals surface area (Å²) >= 11 is 6.19. The van der Waals surface area contributed by atoms with E-state index in [2.05, 4.69) is 18.9 Å². The van der Waals surface area contributed by atoms with Crippen LogP contribution in [0.3, 0.4) is 0 Å². The van der Waals surface area contributed by atoms with Gasteiger partial charge in [0.1, 0.15) is 0 Å². The molecule has 3 heteroatoms. The topological polar surface area (TPSA) is 17.8 Å². The number of fused-ring (bicyclic) bond motifs is 1. The molecule has 0 N–H and O–H groups in total. The molecule has 0 bridgehead atoms. The second-order valence-corrected chi connectivity index (χ2v) is 4.23. The molecule has 0 radical (unpaired) electrons. The fraction of sp³-hybridized carbons (Fsp3) is 0.364. The van der Waals surface area contributed by atoms with Gasteiger partial charge in [0, 0.05) is 17.5 Å². The van der Waals surface area contributed by atoms with Crippen LogP contribution in [0.4, 0.5) is 0 Å². The molecule has 1 heterocycles. The number of benzene rings is 1. The Morgan fingerprint density at radius 3 is 2.71 bits per heavy atom. The first-order chi connectivity index (χ1) is 6.61. The van der Waals surface area contributed by atoms with E-state index in [0.717, 1.165) is 15.9 Å². The molecule has 14 heavy (non-hydrogen) atoms. The van der Waals surface area contributed by atoms with Gasteiger partial charge in [0.15, 0.2) is 0 Å². The lowest BCUT2D eigenvalue weighted by molar-refractivity contribution is 0.780. The van der Waals surface area contributed by atoms with Crippen molar-refractivity contribution in [3.8, 4) is 0 Å². The van der Waals surface area contributed by atoms with Crippen molar-refractivity contribution in [2.24, 2.45) is 7.05 Å². The highest BCUT2D eigenvalue weighted by molar-refractivity contribution is 6.32. The van der Waals surface area contributed by atoms with Gasteiger partial charge in [-0.3, -0.25) is 4.68 Å². The maximum Gasteiger partial charge on any atom is 0.0728 e. The zero-order valence-electron chi connectivity index (χ0n) is 8.58. The molecular formula is C11H13ClN2. The van der Waals surface area contributed by atoms with E-state index < -0.39 is 0 Å². The van der Waals surface area contributed by atoms with Crippen LogP contribution in [-0.2, 0) is 7.05 Å². The van der Waals surface area contributed by atoms with Crippen molar-refractivity contribution < 1.29 is 0 Å². The van der Waals surface area contributed by atoms with Crippen LogP contribution in [-0.4, -0.2) is 9.78 Å². The SMILES string of the molecule is CC(C)c1c(Cl)ccc2cnn(C)c12. The molecule has 0 fully saturated rings. The third-order valence-corrected chi connectivity index (χ3v) is 2.80. The monoisotopic (exact) mass is 208 g/mol. The predicted molar refractivity (Wildman–Crippen MR) is 59.8 cm³/mol. The molecule has 0 saturated carbocycles. The minimum absolute atomic E-state index is 0.418. The summed E-state index contributed by atoms with van der Waals surface area (Å²) in [6, 6.07) is 3.96. The lowest BCUT2D eigenvalue weighted by Crippen LogP contribution is -1.97. The van der Waals surface area contributed by atoms with Gasteiger partial charge in [-0.15, -0.1) is 0 Å². The third-order valence-electron chi connectivity index (χ3n) is 2.47. The van der Waals surface area contributed by atoms with Crippen LogP contribution in [0.15, 0.2) is 18.3 Å². The van der Waals surface area contributed by atoms with Crippen LogP contribution in [0.2, 0.25) is 5.02 Å². The van der Waals surface area contributed by atoms with E-state index in [-0.39, 0.29) is 0 Å². The summed E-state index contributed by atoms with van der Waals surface area (Å²) < 4.78 is 1.89. The number of halogens is 1. The van der Waals surface area contributed by atoms with E-state index in [1.54, 1.807) is 0 Å². The molecule has 0 amide bonds. The minimum atomic E-state index is 0.418. The van der Waals surface area contributed by atoms with E-state index >= 15 is 0 Å². The molecule has 1 aromatic carbocycles. The molecule has 0 spiro atoms. The fourth-order valence-corrected chi connectivity index (χ4v) is 2.19. The molecule has 0 unspecified atom stereocenters. The first-order valence-electron chi connectivity index (χ1n) is 4.71. The van der Waals surface area contributed by atoms with Crippen LogP contribution < -0.4 is 0 Å². The molecule has 74 valence electrons. The van der Waals surface area contributed by atoms with Crippen molar-refractivity contribution in [1.82, 2.24) is 9.78 Å². The summed E-state index contributed by atoms with van der Waals surface area (Å²) in [7, 11) is 1.95. The van der Waals surface area contributed by atoms with Crippen LogP contribution in [0.1, 0.15) is 25.3 Å². The molecule has 1 aromatic heterocycles. The summed E-state index contributed by atoms with van der Waals surface area (Å²) in [5, 5.41) is 6.22. The number of aryl methyl sites for hydroxylation is 1. The van der Waals surface area contributed by atoms with Crippen molar-refractivity contribution >= 4 is 22.5 Å². The Morgan fingerprint density at radius 2 is 2.07 bits per heavy atom. The number of aromatic nitrogens is 2. The maximum absolute atomic E-state index is 6.19. The van der Waals surface area contributed by atoms with Gasteiger partial charge in [-0.25, -0.2) is 0 Å². The summed E-state index contributed by atoms with van der Waals surface area (Å²) in [6.45, 7) is 4.29. The van der Waals surface area contributed by atoms with Crippen molar-refractivity contribution in [3.63, 3.8) is 0 Å². The lowest BCUT2D eigenvalue weighted by atomic mass is 10.0. The summed E-state index contributed by atoms with van der Waals surface area (Å²) in [5.41, 5.74) is 2.33. The van der Waals surface area contributed by atoms with Gasteiger partial charge in [0.25, 0.3) is 0 Å². The zero-order valence-corrected chi connectivity index (χ0v) is 9.34. The Kier molecular flexibility index (Phi) is 2.23. The highest BCUT2D eigenvalue weighted by Crippen LogP contribution is 2.31. The van der Waals surface area contributed by atoms with Crippen LogP contribution in [0, 0.1) is 0 Å². The quantitative estimate of drug-likeness (QED) is 0.703. The van der Waals surface area contributed by atoms with Gasteiger partial charge < -0.3 is 0 Å². The van der Waals surface area contributed by atoms with E-state index in [9.17, 15) is 0 Å². The fourth-order valence-electron chi connectivity index (χ4n) is 1.82. The third kappa shape index (κ3) is 1.30. The van der Waals surface area contributed by atoms with Crippen LogP contribution >= 0.6 is 11.6 Å². The standard InChI is InChI=1S/C11H13ClN2/c1-7(2)10-9(12)5-4-8-6-13-14(3)11(8)10/h4-7H,1-3H3. The summed E-state index contributed by atoms with van der Waals surface area (Å²) in [5.74, 6) is 0.418. The second-order valence-electron chi connectivity index (χ2n) is 3.82. The maximum atomic E-state index is 6.19. The van der Waals surface area contributed by atoms with Crippen molar-refractivity contribution in [2.75, 3.05) is 0 Å².